The highest BCUT2D eigenvalue weighted by molar-refractivity contribution is 6.23. The van der Waals surface area contributed by atoms with Crippen molar-refractivity contribution in [3.63, 3.8) is 0 Å². The zero-order valence-corrected chi connectivity index (χ0v) is 22.5. The Labute approximate surface area is 233 Å². The number of rotatable bonds is 6. The van der Waals surface area contributed by atoms with E-state index in [0.29, 0.717) is 16.8 Å². The molecule has 4 aromatic rings. The number of oxime groups is 1. The number of aryl methyl sites for hydroxylation is 3. The normalized spacial score (nSPS) is 18.1. The molecule has 40 heavy (non-hydrogen) atoms. The first-order valence-electron chi connectivity index (χ1n) is 13.2. The van der Waals surface area contributed by atoms with Crippen molar-refractivity contribution < 1.29 is 19.2 Å². The third-order valence-corrected chi connectivity index (χ3v) is 7.24. The maximum Gasteiger partial charge on any atom is 0.389 e. The predicted molar refractivity (Wildman–Crippen MR) is 153 cm³/mol. The van der Waals surface area contributed by atoms with Gasteiger partial charge in [0, 0.05) is 11.1 Å². The number of ether oxygens (including phenoxy) is 1. The molecule has 0 bridgehead atoms. The van der Waals surface area contributed by atoms with Gasteiger partial charge in [0.2, 0.25) is 0 Å². The minimum atomic E-state index is -2.06. The van der Waals surface area contributed by atoms with Crippen molar-refractivity contribution in [2.24, 2.45) is 5.16 Å². The summed E-state index contributed by atoms with van der Waals surface area (Å²) >= 11 is 0. The van der Waals surface area contributed by atoms with Gasteiger partial charge < -0.3 is 9.57 Å². The molecule has 6 rings (SSSR count). The molecule has 2 heterocycles. The van der Waals surface area contributed by atoms with Crippen LogP contribution in [-0.2, 0) is 20.9 Å². The van der Waals surface area contributed by atoms with Gasteiger partial charge >= 0.3 is 11.7 Å². The second kappa shape index (κ2) is 9.97. The molecule has 0 saturated carbocycles. The Hall–Kier alpha value is -4.97. The summed E-state index contributed by atoms with van der Waals surface area (Å²) in [6.45, 7) is 6.17. The largest absolute Gasteiger partial charge is 0.418 e. The van der Waals surface area contributed by atoms with Crippen LogP contribution in [0.5, 0.6) is 0 Å². The van der Waals surface area contributed by atoms with E-state index in [4.69, 9.17) is 9.57 Å². The van der Waals surface area contributed by atoms with Crippen LogP contribution in [0.2, 0.25) is 0 Å². The minimum absolute atomic E-state index is 0.104. The molecule has 198 valence electrons. The molecule has 2 aliphatic rings. The number of carbonyl (C=O) groups is 2. The standard InChI is InChI=1S/C34H28N2O4/c1-22-19-23(2)28(24(3)20-22)32-35-40-34(39-32)29(31(37)27-17-11-6-12-18-27)30(26-15-9-5-10-16-26)36(33(34)38)21-25-13-7-4-8-14-25/h4-20H,21H2,1-3H3. The Kier molecular flexibility index (Phi) is 6.31. The lowest BCUT2D eigenvalue weighted by molar-refractivity contribution is -0.173. The van der Waals surface area contributed by atoms with Crippen LogP contribution in [0.3, 0.4) is 0 Å². The van der Waals surface area contributed by atoms with E-state index >= 15 is 0 Å². The van der Waals surface area contributed by atoms with E-state index < -0.39 is 11.7 Å². The Morgan fingerprint density at radius 3 is 2.02 bits per heavy atom. The van der Waals surface area contributed by atoms with Crippen molar-refractivity contribution in [1.29, 1.82) is 0 Å². The number of ketones is 1. The maximum absolute atomic E-state index is 14.5. The van der Waals surface area contributed by atoms with Gasteiger partial charge in [-0.1, -0.05) is 109 Å². The van der Waals surface area contributed by atoms with Gasteiger partial charge in [0.1, 0.15) is 5.57 Å². The molecule has 1 spiro atoms. The molecule has 1 unspecified atom stereocenters. The molecule has 0 aliphatic carbocycles. The van der Waals surface area contributed by atoms with Crippen LogP contribution in [0.25, 0.3) is 5.70 Å². The first kappa shape index (κ1) is 25.3. The van der Waals surface area contributed by atoms with Crippen molar-refractivity contribution in [2.45, 2.75) is 33.1 Å². The van der Waals surface area contributed by atoms with Crippen molar-refractivity contribution in [3.05, 3.63) is 148 Å². The van der Waals surface area contributed by atoms with Crippen LogP contribution in [-0.4, -0.2) is 28.3 Å². The van der Waals surface area contributed by atoms with Crippen molar-refractivity contribution in [2.75, 3.05) is 0 Å². The molecule has 0 radical (unpaired) electrons. The number of hydrogen-bond donors (Lipinski definition) is 0. The van der Waals surface area contributed by atoms with Gasteiger partial charge in [-0.2, -0.15) is 0 Å². The smallest absolute Gasteiger partial charge is 0.389 e. The SMILES string of the molecule is Cc1cc(C)c(C2=NOC3(O2)C(=O)N(Cc2ccccc2)C(c2ccccc2)=C3C(=O)c2ccccc2)c(C)c1. The zero-order valence-electron chi connectivity index (χ0n) is 22.5. The second-order valence-electron chi connectivity index (χ2n) is 10.1. The van der Waals surface area contributed by atoms with E-state index in [1.165, 1.54) is 0 Å². The van der Waals surface area contributed by atoms with E-state index in [1.54, 1.807) is 29.2 Å². The Balaban J connectivity index is 1.55. The number of carbonyl (C=O) groups excluding carboxylic acids is 2. The molecular weight excluding hydrogens is 500 g/mol. The molecule has 6 nitrogen and oxygen atoms in total. The summed E-state index contributed by atoms with van der Waals surface area (Å²) in [6, 6.07) is 32.0. The lowest BCUT2D eigenvalue weighted by atomic mass is 9.94. The molecule has 1 atom stereocenters. The van der Waals surface area contributed by atoms with Gasteiger partial charge in [-0.3, -0.25) is 14.5 Å². The first-order valence-corrected chi connectivity index (χ1v) is 13.2. The average Bonchev–Trinajstić information content (AvgIpc) is 3.49. The van der Waals surface area contributed by atoms with Gasteiger partial charge in [-0.15, -0.1) is 0 Å². The van der Waals surface area contributed by atoms with Crippen molar-refractivity contribution in [1.82, 2.24) is 4.90 Å². The summed E-state index contributed by atoms with van der Waals surface area (Å²) in [5.41, 5.74) is 6.28. The van der Waals surface area contributed by atoms with Crippen LogP contribution in [0.1, 0.15) is 43.7 Å². The summed E-state index contributed by atoms with van der Waals surface area (Å²) in [5.74, 6) is -2.75. The summed E-state index contributed by atoms with van der Waals surface area (Å²) in [6.07, 6.45) is 0. The van der Waals surface area contributed by atoms with Gasteiger partial charge in [-0.05, 0) is 48.2 Å². The van der Waals surface area contributed by atoms with Crippen LogP contribution < -0.4 is 0 Å². The van der Waals surface area contributed by atoms with Crippen LogP contribution in [0, 0.1) is 20.8 Å². The van der Waals surface area contributed by atoms with Gasteiger partial charge in [0.05, 0.1) is 12.2 Å². The Morgan fingerprint density at radius 1 is 0.825 bits per heavy atom. The lowest BCUT2D eigenvalue weighted by Crippen LogP contribution is -2.46. The third kappa shape index (κ3) is 4.18. The zero-order chi connectivity index (χ0) is 27.9. The molecule has 0 aromatic heterocycles. The van der Waals surface area contributed by atoms with Crippen LogP contribution in [0.4, 0.5) is 0 Å². The van der Waals surface area contributed by atoms with E-state index in [2.05, 4.69) is 5.16 Å². The topological polar surface area (TPSA) is 68.2 Å². The molecule has 4 aromatic carbocycles. The van der Waals surface area contributed by atoms with Crippen molar-refractivity contribution in [3.8, 4) is 0 Å². The van der Waals surface area contributed by atoms with Gasteiger partial charge in [-0.25, -0.2) is 0 Å². The molecule has 0 N–H and O–H groups in total. The van der Waals surface area contributed by atoms with Gasteiger partial charge in [0.15, 0.2) is 5.78 Å². The van der Waals surface area contributed by atoms with E-state index in [9.17, 15) is 9.59 Å². The lowest BCUT2D eigenvalue weighted by Gasteiger charge is -2.24. The van der Waals surface area contributed by atoms with Crippen LogP contribution >= 0.6 is 0 Å². The minimum Gasteiger partial charge on any atom is -0.418 e. The number of Topliss-reactive ketones (excluding diaryl/α,β-unsaturated/α-hetero) is 1. The van der Waals surface area contributed by atoms with Crippen molar-refractivity contribution >= 4 is 23.3 Å². The average molecular weight is 529 g/mol. The maximum atomic E-state index is 14.5. The summed E-state index contributed by atoms with van der Waals surface area (Å²) in [5, 5.41) is 4.30. The quantitative estimate of drug-likeness (QED) is 0.274. The predicted octanol–water partition coefficient (Wildman–Crippen LogP) is 6.35. The fraction of sp³-hybridized carbons (Fsp3) is 0.147. The third-order valence-electron chi connectivity index (χ3n) is 7.24. The molecule has 2 aliphatic heterocycles. The van der Waals surface area contributed by atoms with E-state index in [1.807, 2.05) is 99.6 Å². The summed E-state index contributed by atoms with van der Waals surface area (Å²) < 4.78 is 6.44. The van der Waals surface area contributed by atoms with Crippen LogP contribution in [0.15, 0.2) is 114 Å². The number of nitrogens with zero attached hydrogens (tertiary/aromatic N) is 2. The fourth-order valence-corrected chi connectivity index (χ4v) is 5.55. The highest BCUT2D eigenvalue weighted by Crippen LogP contribution is 2.47. The highest BCUT2D eigenvalue weighted by Gasteiger charge is 2.64. The Morgan fingerprint density at radius 2 is 1.40 bits per heavy atom. The summed E-state index contributed by atoms with van der Waals surface area (Å²) in [7, 11) is 0. The first-order chi connectivity index (χ1) is 19.4. The molecule has 6 heteroatoms. The highest BCUT2D eigenvalue weighted by atomic mass is 16.8. The van der Waals surface area contributed by atoms with E-state index in [-0.39, 0.29) is 23.8 Å². The van der Waals surface area contributed by atoms with Gasteiger partial charge in [0.25, 0.3) is 5.90 Å². The number of hydrogen-bond acceptors (Lipinski definition) is 5. The summed E-state index contributed by atoms with van der Waals surface area (Å²) in [4.78, 5) is 36.4. The monoisotopic (exact) mass is 528 g/mol. The van der Waals surface area contributed by atoms with E-state index in [0.717, 1.165) is 27.8 Å². The molecule has 0 fully saturated rings. The second-order valence-corrected chi connectivity index (χ2v) is 10.1. The molecule has 0 saturated heterocycles. The Bertz CT molecular complexity index is 1650. The molecule has 1 amide bonds. The number of amides is 1. The fourth-order valence-electron chi connectivity index (χ4n) is 5.55. The number of benzene rings is 4. The molecular formula is C34H28N2O4.